The second-order valence-electron chi connectivity index (χ2n) is 6.52. The average molecular weight is 371 g/mol. The van der Waals surface area contributed by atoms with Crippen LogP contribution in [0.5, 0.6) is 5.88 Å². The van der Waals surface area contributed by atoms with Crippen LogP contribution in [0.4, 0.5) is 11.5 Å². The van der Waals surface area contributed by atoms with Crippen molar-refractivity contribution < 1.29 is 14.5 Å². The van der Waals surface area contributed by atoms with E-state index in [0.29, 0.717) is 30.4 Å². The average Bonchev–Trinajstić information content (AvgIpc) is 2.68. The molecule has 0 saturated carbocycles. The third kappa shape index (κ3) is 4.30. The zero-order chi connectivity index (χ0) is 19.4. The number of amides is 1. The lowest BCUT2D eigenvalue weighted by Crippen LogP contribution is -2.44. The largest absolute Gasteiger partial charge is 0.470 e. The quantitative estimate of drug-likeness (QED) is 0.586. The normalized spacial score (nSPS) is 16.7. The van der Waals surface area contributed by atoms with Crippen LogP contribution in [0.15, 0.2) is 36.7 Å². The smallest absolute Gasteiger partial charge is 0.269 e. The van der Waals surface area contributed by atoms with Crippen molar-refractivity contribution in [2.75, 3.05) is 32.1 Å². The molecule has 1 amide bonds. The van der Waals surface area contributed by atoms with Crippen LogP contribution >= 0.6 is 0 Å². The highest BCUT2D eigenvalue weighted by atomic mass is 16.6. The summed E-state index contributed by atoms with van der Waals surface area (Å²) in [5.74, 6) is 0.915. The molecule has 2 heterocycles. The minimum absolute atomic E-state index is 0.0368. The van der Waals surface area contributed by atoms with Crippen molar-refractivity contribution >= 4 is 17.4 Å². The first-order chi connectivity index (χ1) is 13.0. The van der Waals surface area contributed by atoms with E-state index in [-0.39, 0.29) is 17.7 Å². The zero-order valence-corrected chi connectivity index (χ0v) is 15.2. The highest BCUT2D eigenvalue weighted by Crippen LogP contribution is 2.25. The Bertz CT molecular complexity index is 825. The van der Waals surface area contributed by atoms with Crippen LogP contribution in [0, 0.1) is 10.1 Å². The Hall–Kier alpha value is -3.23. The molecule has 1 aliphatic heterocycles. The Balaban J connectivity index is 1.69. The first-order valence-corrected chi connectivity index (χ1v) is 8.64. The number of rotatable bonds is 5. The third-order valence-electron chi connectivity index (χ3n) is 4.34. The minimum Gasteiger partial charge on any atom is -0.470 e. The fraction of sp³-hybridized carbons (Fsp3) is 0.389. The summed E-state index contributed by atoms with van der Waals surface area (Å²) in [7, 11) is 3.73. The first kappa shape index (κ1) is 18.6. The lowest BCUT2D eigenvalue weighted by atomic mass is 10.1. The van der Waals surface area contributed by atoms with E-state index in [2.05, 4.69) is 9.97 Å². The summed E-state index contributed by atoms with van der Waals surface area (Å²) >= 11 is 0. The maximum absolute atomic E-state index is 12.7. The van der Waals surface area contributed by atoms with Gasteiger partial charge in [0.15, 0.2) is 5.82 Å². The fourth-order valence-electron chi connectivity index (χ4n) is 2.99. The van der Waals surface area contributed by atoms with Gasteiger partial charge in [-0.3, -0.25) is 14.9 Å². The fourth-order valence-corrected chi connectivity index (χ4v) is 2.99. The molecule has 9 heteroatoms. The molecule has 142 valence electrons. The molecule has 3 rings (SSSR count). The van der Waals surface area contributed by atoms with Gasteiger partial charge in [0.2, 0.25) is 0 Å². The first-order valence-electron chi connectivity index (χ1n) is 8.64. The van der Waals surface area contributed by atoms with Gasteiger partial charge in [0, 0.05) is 50.7 Å². The molecule has 0 N–H and O–H groups in total. The SMILES string of the molecule is CN(C)c1nccnc1OC1CCCN(C(=O)c2ccc([N+](=O)[O-])cc2)C1. The van der Waals surface area contributed by atoms with E-state index in [1.165, 1.54) is 24.3 Å². The van der Waals surface area contributed by atoms with Gasteiger partial charge < -0.3 is 14.5 Å². The number of carbonyl (C=O) groups excluding carboxylic acids is 1. The van der Waals surface area contributed by atoms with Crippen LogP contribution in [0.25, 0.3) is 0 Å². The highest BCUT2D eigenvalue weighted by Gasteiger charge is 2.27. The summed E-state index contributed by atoms with van der Waals surface area (Å²) in [4.78, 5) is 35.0. The standard InChI is InChI=1S/C18H21N5O4/c1-21(2)16-17(20-10-9-19-16)27-15-4-3-11-22(12-15)18(24)13-5-7-14(8-6-13)23(25)26/h5-10,15H,3-4,11-12H2,1-2H3. The number of carbonyl (C=O) groups is 1. The molecule has 9 nitrogen and oxygen atoms in total. The molecule has 1 atom stereocenters. The number of nitro groups is 1. The molecule has 27 heavy (non-hydrogen) atoms. The number of hydrogen-bond donors (Lipinski definition) is 0. The second-order valence-corrected chi connectivity index (χ2v) is 6.52. The molecule has 0 spiro atoms. The van der Waals surface area contributed by atoms with Gasteiger partial charge in [0.1, 0.15) is 6.10 Å². The van der Waals surface area contributed by atoms with E-state index in [0.717, 1.165) is 12.8 Å². The molecule has 0 bridgehead atoms. The van der Waals surface area contributed by atoms with Gasteiger partial charge in [-0.15, -0.1) is 0 Å². The highest BCUT2D eigenvalue weighted by molar-refractivity contribution is 5.94. The van der Waals surface area contributed by atoms with Crippen LogP contribution in [0.2, 0.25) is 0 Å². The summed E-state index contributed by atoms with van der Waals surface area (Å²) in [5, 5.41) is 10.8. The van der Waals surface area contributed by atoms with Crippen LogP contribution in [0.3, 0.4) is 0 Å². The summed E-state index contributed by atoms with van der Waals surface area (Å²) in [5.41, 5.74) is 0.389. The van der Waals surface area contributed by atoms with Crippen molar-refractivity contribution in [1.29, 1.82) is 0 Å². The Kier molecular flexibility index (Phi) is 5.49. The van der Waals surface area contributed by atoms with Gasteiger partial charge in [-0.1, -0.05) is 0 Å². The summed E-state index contributed by atoms with van der Waals surface area (Å²) in [6.45, 7) is 1.05. The predicted molar refractivity (Wildman–Crippen MR) is 99.0 cm³/mol. The molecule has 1 unspecified atom stereocenters. The molecule has 1 fully saturated rings. The molecule has 2 aromatic rings. The number of benzene rings is 1. The van der Waals surface area contributed by atoms with Crippen molar-refractivity contribution in [1.82, 2.24) is 14.9 Å². The van der Waals surface area contributed by atoms with Gasteiger partial charge in [-0.05, 0) is 25.0 Å². The Morgan fingerprint density at radius 3 is 2.63 bits per heavy atom. The number of aromatic nitrogens is 2. The van der Waals surface area contributed by atoms with Gasteiger partial charge in [-0.2, -0.15) is 0 Å². The van der Waals surface area contributed by atoms with Crippen molar-refractivity contribution in [3.63, 3.8) is 0 Å². The molecule has 1 saturated heterocycles. The maximum Gasteiger partial charge on any atom is 0.269 e. The van der Waals surface area contributed by atoms with Gasteiger partial charge >= 0.3 is 0 Å². The van der Waals surface area contributed by atoms with Gasteiger partial charge in [0.25, 0.3) is 17.5 Å². The summed E-state index contributed by atoms with van der Waals surface area (Å²) < 4.78 is 6.02. The number of ether oxygens (including phenoxy) is 1. The predicted octanol–water partition coefficient (Wildman–Crippen LogP) is 2.13. The van der Waals surface area contributed by atoms with Crippen molar-refractivity contribution in [2.45, 2.75) is 18.9 Å². The molecule has 1 aromatic heterocycles. The van der Waals surface area contributed by atoms with E-state index in [4.69, 9.17) is 4.74 Å². The van der Waals surface area contributed by atoms with Crippen molar-refractivity contribution in [3.8, 4) is 5.88 Å². The third-order valence-corrected chi connectivity index (χ3v) is 4.34. The van der Waals surface area contributed by atoms with Gasteiger partial charge in [0.05, 0.1) is 11.5 Å². The number of piperidine rings is 1. The Labute approximate surface area is 156 Å². The number of likely N-dealkylation sites (tertiary alicyclic amines) is 1. The molecular formula is C18H21N5O4. The molecule has 1 aromatic carbocycles. The lowest BCUT2D eigenvalue weighted by Gasteiger charge is -2.33. The van der Waals surface area contributed by atoms with Crippen LogP contribution in [0.1, 0.15) is 23.2 Å². The molecule has 0 aliphatic carbocycles. The van der Waals surface area contributed by atoms with Crippen LogP contribution < -0.4 is 9.64 Å². The van der Waals surface area contributed by atoms with E-state index < -0.39 is 4.92 Å². The minimum atomic E-state index is -0.484. The topological polar surface area (TPSA) is 102 Å². The van der Waals surface area contributed by atoms with E-state index in [1.54, 1.807) is 17.3 Å². The van der Waals surface area contributed by atoms with E-state index >= 15 is 0 Å². The van der Waals surface area contributed by atoms with E-state index in [9.17, 15) is 14.9 Å². The number of anilines is 1. The number of nitro benzene ring substituents is 1. The molecule has 1 aliphatic rings. The van der Waals surface area contributed by atoms with Crippen molar-refractivity contribution in [3.05, 3.63) is 52.3 Å². The van der Waals surface area contributed by atoms with Gasteiger partial charge in [-0.25, -0.2) is 9.97 Å². The lowest BCUT2D eigenvalue weighted by molar-refractivity contribution is -0.384. The van der Waals surface area contributed by atoms with Crippen molar-refractivity contribution in [2.24, 2.45) is 0 Å². The summed E-state index contributed by atoms with van der Waals surface area (Å²) in [6, 6.07) is 5.65. The number of hydrogen-bond acceptors (Lipinski definition) is 7. The van der Waals surface area contributed by atoms with Crippen LogP contribution in [-0.4, -0.2) is 59.0 Å². The molecule has 0 radical (unpaired) electrons. The maximum atomic E-state index is 12.7. The second kappa shape index (κ2) is 7.98. The summed E-state index contributed by atoms with van der Waals surface area (Å²) in [6.07, 6.45) is 4.61. The molecular weight excluding hydrogens is 350 g/mol. The number of non-ortho nitro benzene ring substituents is 1. The van der Waals surface area contributed by atoms with Crippen LogP contribution in [-0.2, 0) is 0 Å². The van der Waals surface area contributed by atoms with E-state index in [1.807, 2.05) is 19.0 Å². The Morgan fingerprint density at radius 2 is 1.96 bits per heavy atom. The number of nitrogens with zero attached hydrogens (tertiary/aromatic N) is 5. The Morgan fingerprint density at radius 1 is 1.26 bits per heavy atom. The zero-order valence-electron chi connectivity index (χ0n) is 15.2. The monoisotopic (exact) mass is 371 g/mol.